The first-order valence-corrected chi connectivity index (χ1v) is 30.3. The molecule has 12 aromatic rings. The van der Waals surface area contributed by atoms with Crippen LogP contribution >= 0.6 is 0 Å². The first-order chi connectivity index (χ1) is 40.8. The van der Waals surface area contributed by atoms with Crippen LogP contribution in [0.1, 0.15) is 187 Å². The number of hydrogen-bond donors (Lipinski definition) is 0. The Kier molecular flexibility index (Phi) is 16.7. The van der Waals surface area contributed by atoms with Crippen molar-refractivity contribution in [2.75, 3.05) is 0 Å². The van der Waals surface area contributed by atoms with Crippen molar-refractivity contribution in [1.29, 1.82) is 0 Å². The van der Waals surface area contributed by atoms with Gasteiger partial charge in [-0.1, -0.05) is 138 Å². The molecule has 0 N–H and O–H groups in total. The number of fused-ring (bicyclic) bond motifs is 3. The van der Waals surface area contributed by atoms with Crippen LogP contribution in [0.15, 0.2) is 123 Å². The van der Waals surface area contributed by atoms with Crippen LogP contribution < -0.4 is 0 Å². The SMILES string of the molecule is Cc1nc2cc(-c3nc(CC(Cc4cn(-c5c(C(C)C)cccc5C(C)C)c(-c5[c-]cc6oc(C)nc6c5)n4)Cc4cn(-c5c(C(C)C)cccc5C(C)C)c(-c5[c-]cc6oc(C)nc6c5)n4)cn3-c3c(C(C)C)cccc3C(C)C)[c-]cc2o1.[Ir+3]. The summed E-state index contributed by atoms with van der Waals surface area (Å²) in [5.74, 6) is 5.59. The van der Waals surface area contributed by atoms with E-state index in [1.165, 1.54) is 33.4 Å². The molecule has 12 nitrogen and oxygen atoms in total. The minimum absolute atomic E-state index is 0. The average Bonchev–Trinajstić information content (AvgIpc) is 1.69. The number of oxazole rings is 3. The number of hydrogen-bond acceptors (Lipinski definition) is 9. The smallest absolute Gasteiger partial charge is 0.488 e. The van der Waals surface area contributed by atoms with E-state index in [9.17, 15) is 0 Å². The van der Waals surface area contributed by atoms with Gasteiger partial charge in [0.05, 0.1) is 34.2 Å². The van der Waals surface area contributed by atoms with Crippen LogP contribution in [0.4, 0.5) is 0 Å². The molecule has 0 saturated heterocycles. The van der Waals surface area contributed by atoms with E-state index in [4.69, 9.17) is 43.2 Å². The standard InChI is InChI=1S/C73H76N9O3.Ir/c1-40(2)56-19-16-20-57(41(3)4)68(56)80-37-53(77-71(80)50-25-28-65-62(34-50)74-46(13)83-65)31-49(32-54-38-81(69-58(42(5)6)21-17-22-59(69)43(7)8)72(78-54)51-26-29-66-63(35-51)75-47(14)84-66)33-55-39-82(70-60(44(9)10)23-18-24-61(70)45(11)12)73(79-55)52-27-30-67-64(36-52)76-48(15)85-67;/h16-24,28-30,34-45,49H,31-33H2,1-15H3;/q-3;+3. The monoisotopic (exact) mass is 1320 g/mol. The van der Waals surface area contributed by atoms with Crippen molar-refractivity contribution in [3.8, 4) is 51.2 Å². The molecule has 0 unspecified atom stereocenters. The summed E-state index contributed by atoms with van der Waals surface area (Å²) in [4.78, 5) is 31.4. The number of imidazole rings is 3. The Morgan fingerprint density at radius 3 is 0.849 bits per heavy atom. The summed E-state index contributed by atoms with van der Waals surface area (Å²) in [5.41, 5.74) is 20.7. The molecule has 6 heterocycles. The van der Waals surface area contributed by atoms with Gasteiger partial charge in [-0.3, -0.25) is 15.0 Å². The number of aromatic nitrogens is 9. The molecule has 0 atom stereocenters. The van der Waals surface area contributed by atoms with Crippen molar-refractivity contribution in [2.45, 2.75) is 159 Å². The summed E-state index contributed by atoms with van der Waals surface area (Å²) in [7, 11) is 0. The van der Waals surface area contributed by atoms with Gasteiger partial charge in [0.15, 0.2) is 17.7 Å². The van der Waals surface area contributed by atoms with Crippen LogP contribution in [0.3, 0.4) is 0 Å². The Bertz CT molecular complexity index is 3920. The fourth-order valence-electron chi connectivity index (χ4n) is 12.5. The molecule has 0 radical (unpaired) electrons. The molecule has 0 saturated carbocycles. The second-order valence-electron chi connectivity index (χ2n) is 25.0. The van der Waals surface area contributed by atoms with E-state index in [2.05, 4.69) is 206 Å². The predicted molar refractivity (Wildman–Crippen MR) is 340 cm³/mol. The van der Waals surface area contributed by atoms with Gasteiger partial charge in [0, 0.05) is 90.1 Å². The summed E-state index contributed by atoms with van der Waals surface area (Å²) >= 11 is 0. The van der Waals surface area contributed by atoms with Crippen molar-refractivity contribution >= 4 is 33.3 Å². The zero-order valence-corrected chi connectivity index (χ0v) is 54.5. The fraction of sp³-hybridized carbons (Fsp3) is 0.342. The third kappa shape index (κ3) is 11.5. The molecule has 0 aliphatic heterocycles. The summed E-state index contributed by atoms with van der Waals surface area (Å²) in [6.07, 6.45) is 8.61. The minimum Gasteiger partial charge on any atom is -0.488 e. The third-order valence-electron chi connectivity index (χ3n) is 16.5. The van der Waals surface area contributed by atoms with Crippen LogP contribution in [0.25, 0.3) is 84.5 Å². The van der Waals surface area contributed by atoms with Gasteiger partial charge in [-0.25, -0.2) is 15.0 Å². The Morgan fingerprint density at radius 1 is 0.372 bits per heavy atom. The van der Waals surface area contributed by atoms with E-state index in [-0.39, 0.29) is 61.5 Å². The van der Waals surface area contributed by atoms with Crippen LogP contribution in [-0.4, -0.2) is 43.6 Å². The quantitative estimate of drug-likeness (QED) is 0.0770. The summed E-state index contributed by atoms with van der Waals surface area (Å²) < 4.78 is 24.9. The number of para-hydroxylation sites is 3. The molecule has 12 rings (SSSR count). The summed E-state index contributed by atoms with van der Waals surface area (Å²) in [6, 6.07) is 42.7. The molecule has 6 aromatic carbocycles. The van der Waals surface area contributed by atoms with E-state index in [0.717, 1.165) is 84.9 Å². The summed E-state index contributed by atoms with van der Waals surface area (Å²) in [6.45, 7) is 32.9. The van der Waals surface area contributed by atoms with Crippen LogP contribution in [0.5, 0.6) is 0 Å². The maximum Gasteiger partial charge on any atom is 3.00 e. The number of benzene rings is 6. The van der Waals surface area contributed by atoms with Gasteiger partial charge in [-0.05, 0) is 94.1 Å². The molecular formula is C73H76IrN9O3. The average molecular weight is 1320 g/mol. The normalized spacial score (nSPS) is 12.2. The first kappa shape index (κ1) is 59.7. The van der Waals surface area contributed by atoms with Gasteiger partial charge in [0.2, 0.25) is 0 Å². The van der Waals surface area contributed by atoms with Crippen molar-refractivity contribution in [2.24, 2.45) is 5.92 Å². The Labute approximate surface area is 518 Å². The van der Waals surface area contributed by atoms with Gasteiger partial charge < -0.3 is 27.0 Å². The van der Waals surface area contributed by atoms with Crippen molar-refractivity contribution in [3.05, 3.63) is 196 Å². The molecule has 86 heavy (non-hydrogen) atoms. The van der Waals surface area contributed by atoms with Crippen LogP contribution in [0, 0.1) is 44.9 Å². The van der Waals surface area contributed by atoms with Crippen LogP contribution in [-0.2, 0) is 39.4 Å². The molecule has 0 aliphatic carbocycles. The van der Waals surface area contributed by atoms with Gasteiger partial charge in [-0.15, -0.1) is 71.3 Å². The van der Waals surface area contributed by atoms with E-state index < -0.39 is 0 Å². The van der Waals surface area contributed by atoms with Crippen LogP contribution in [0.2, 0.25) is 0 Å². The van der Waals surface area contributed by atoms with E-state index in [0.29, 0.717) is 53.7 Å². The topological polar surface area (TPSA) is 132 Å². The van der Waals surface area contributed by atoms with Gasteiger partial charge in [0.25, 0.3) is 0 Å². The molecule has 440 valence electrons. The predicted octanol–water partition coefficient (Wildman–Crippen LogP) is 18.4. The van der Waals surface area contributed by atoms with Crippen molar-refractivity contribution < 1.29 is 33.4 Å². The molecule has 0 amide bonds. The third-order valence-corrected chi connectivity index (χ3v) is 16.5. The molecule has 13 heteroatoms. The Hall–Kier alpha value is -7.99. The van der Waals surface area contributed by atoms with E-state index in [1.54, 1.807) is 0 Å². The maximum absolute atomic E-state index is 5.99. The van der Waals surface area contributed by atoms with Gasteiger partial charge in [0.1, 0.15) is 0 Å². The zero-order chi connectivity index (χ0) is 59.7. The maximum atomic E-state index is 5.99. The molecule has 0 bridgehead atoms. The molecule has 0 fully saturated rings. The second kappa shape index (κ2) is 24.1. The van der Waals surface area contributed by atoms with Gasteiger partial charge in [-0.2, -0.15) is 0 Å². The van der Waals surface area contributed by atoms with Crippen molar-refractivity contribution in [3.63, 3.8) is 0 Å². The molecule has 0 spiro atoms. The number of nitrogens with zero attached hydrogens (tertiary/aromatic N) is 9. The molecular weight excluding hydrogens is 1240 g/mol. The molecule has 0 aliphatic rings. The molecule has 6 aromatic heterocycles. The van der Waals surface area contributed by atoms with E-state index in [1.807, 2.05) is 39.0 Å². The number of rotatable bonds is 18. The van der Waals surface area contributed by atoms with E-state index >= 15 is 0 Å². The Morgan fingerprint density at radius 2 is 0.616 bits per heavy atom. The fourth-order valence-corrected chi connectivity index (χ4v) is 12.5. The van der Waals surface area contributed by atoms with Crippen molar-refractivity contribution in [1.82, 2.24) is 43.6 Å². The first-order valence-electron chi connectivity index (χ1n) is 30.3. The Balaban J connectivity index is 0.00000768. The minimum atomic E-state index is -0.0673. The van der Waals surface area contributed by atoms with Gasteiger partial charge >= 0.3 is 20.1 Å². The second-order valence-corrected chi connectivity index (χ2v) is 25.0. The number of aryl methyl sites for hydroxylation is 3. The zero-order valence-electron chi connectivity index (χ0n) is 52.1. The summed E-state index contributed by atoms with van der Waals surface area (Å²) in [5, 5.41) is 0. The largest absolute Gasteiger partial charge is 3.00 e.